The minimum atomic E-state index is -0.153. The van der Waals surface area contributed by atoms with Crippen molar-refractivity contribution in [1.82, 2.24) is 0 Å². The smallest absolute Gasteiger partial charge is 0.0583 e. The quantitative estimate of drug-likeness (QED) is 0.454. The maximum absolute atomic E-state index is 10.1. The van der Waals surface area contributed by atoms with Gasteiger partial charge in [0.25, 0.3) is 0 Å². The molecule has 0 bridgehead atoms. The van der Waals surface area contributed by atoms with Gasteiger partial charge in [-0.05, 0) is 97.9 Å². The van der Waals surface area contributed by atoms with Crippen LogP contribution in [0.1, 0.15) is 92.4 Å². The summed E-state index contributed by atoms with van der Waals surface area (Å²) in [5.41, 5.74) is 3.13. The first kappa shape index (κ1) is 22.9. The summed E-state index contributed by atoms with van der Waals surface area (Å²) in [6.07, 6.45) is 18.2. The summed E-state index contributed by atoms with van der Waals surface area (Å²) in [5, 5.41) is 10.1. The molecular weight excluding hydrogens is 352 g/mol. The lowest BCUT2D eigenvalue weighted by Gasteiger charge is -2.46. The summed E-state index contributed by atoms with van der Waals surface area (Å²) in [7, 11) is 0. The van der Waals surface area contributed by atoms with Crippen molar-refractivity contribution in [2.45, 2.75) is 98.5 Å². The van der Waals surface area contributed by atoms with E-state index in [1.165, 1.54) is 49.7 Å². The van der Waals surface area contributed by atoms with Crippen molar-refractivity contribution >= 4 is 0 Å². The van der Waals surface area contributed by atoms with Gasteiger partial charge >= 0.3 is 0 Å². The third-order valence-electron chi connectivity index (χ3n) is 9.10. The predicted molar refractivity (Wildman–Crippen MR) is 126 cm³/mol. The second-order valence-electron chi connectivity index (χ2n) is 11.3. The molecule has 0 aromatic rings. The molecule has 3 aliphatic rings. The van der Waals surface area contributed by atoms with Gasteiger partial charge < -0.3 is 5.11 Å². The summed E-state index contributed by atoms with van der Waals surface area (Å²) in [6.45, 7) is 16.4. The zero-order chi connectivity index (χ0) is 21.2. The molecule has 4 unspecified atom stereocenters. The molecule has 0 spiro atoms. The Kier molecular flexibility index (Phi) is 7.52. The Balaban J connectivity index is 1.67. The fourth-order valence-corrected chi connectivity index (χ4v) is 6.76. The molecule has 0 aliphatic heterocycles. The molecule has 0 radical (unpaired) electrons. The van der Waals surface area contributed by atoms with Crippen molar-refractivity contribution in [2.75, 3.05) is 0 Å². The highest BCUT2D eigenvalue weighted by Crippen LogP contribution is 2.60. The zero-order valence-corrected chi connectivity index (χ0v) is 19.8. The van der Waals surface area contributed by atoms with E-state index in [0.29, 0.717) is 17.3 Å². The summed E-state index contributed by atoms with van der Waals surface area (Å²) in [6, 6.07) is 0. The molecule has 29 heavy (non-hydrogen) atoms. The van der Waals surface area contributed by atoms with Gasteiger partial charge in [0.1, 0.15) is 0 Å². The van der Waals surface area contributed by atoms with Crippen LogP contribution in [0.2, 0.25) is 0 Å². The van der Waals surface area contributed by atoms with Gasteiger partial charge in [-0.3, -0.25) is 0 Å². The van der Waals surface area contributed by atoms with Crippen LogP contribution in [-0.2, 0) is 0 Å². The lowest BCUT2D eigenvalue weighted by Crippen LogP contribution is -2.38. The lowest BCUT2D eigenvalue weighted by atomic mass is 9.58. The summed E-state index contributed by atoms with van der Waals surface area (Å²) in [5.74, 6) is 4.63. The molecule has 3 saturated carbocycles. The van der Waals surface area contributed by atoms with Gasteiger partial charge in [-0.15, -0.1) is 0 Å². The molecule has 1 heteroatoms. The molecule has 3 rings (SSSR count). The van der Waals surface area contributed by atoms with E-state index in [1.807, 2.05) is 0 Å². The van der Waals surface area contributed by atoms with Crippen molar-refractivity contribution in [2.24, 2.45) is 40.9 Å². The van der Waals surface area contributed by atoms with E-state index in [1.54, 1.807) is 0 Å². The van der Waals surface area contributed by atoms with Crippen LogP contribution in [0.15, 0.2) is 36.0 Å². The Labute approximate surface area is 180 Å². The maximum atomic E-state index is 10.1. The first-order valence-electron chi connectivity index (χ1n) is 12.5. The molecule has 0 heterocycles. The largest absolute Gasteiger partial charge is 0.393 e. The molecule has 3 aliphatic carbocycles. The first-order valence-corrected chi connectivity index (χ1v) is 12.5. The highest BCUT2D eigenvalue weighted by molar-refractivity contribution is 5.31. The molecule has 0 amide bonds. The number of allylic oxidation sites excluding steroid dienone is 4. The maximum Gasteiger partial charge on any atom is 0.0583 e. The Morgan fingerprint density at radius 1 is 1.10 bits per heavy atom. The summed E-state index contributed by atoms with van der Waals surface area (Å²) in [4.78, 5) is 0. The normalized spacial score (nSPS) is 39.3. The van der Waals surface area contributed by atoms with Crippen LogP contribution in [0, 0.1) is 40.9 Å². The van der Waals surface area contributed by atoms with E-state index in [9.17, 15) is 5.11 Å². The molecular formula is C28H46O. The van der Waals surface area contributed by atoms with E-state index in [-0.39, 0.29) is 6.10 Å². The van der Waals surface area contributed by atoms with Gasteiger partial charge in [0.2, 0.25) is 0 Å². The first-order chi connectivity index (χ1) is 13.7. The van der Waals surface area contributed by atoms with E-state index < -0.39 is 0 Å². The molecule has 0 aromatic carbocycles. The number of aliphatic hydroxyl groups is 1. The van der Waals surface area contributed by atoms with Crippen LogP contribution < -0.4 is 0 Å². The van der Waals surface area contributed by atoms with Crippen molar-refractivity contribution in [3.05, 3.63) is 36.0 Å². The lowest BCUT2D eigenvalue weighted by molar-refractivity contribution is 0.0393. The van der Waals surface area contributed by atoms with Crippen LogP contribution >= 0.6 is 0 Å². The predicted octanol–water partition coefficient (Wildman–Crippen LogP) is 7.72. The van der Waals surface area contributed by atoms with Crippen molar-refractivity contribution in [1.29, 1.82) is 0 Å². The number of hydrogen-bond acceptors (Lipinski definition) is 1. The van der Waals surface area contributed by atoms with E-state index in [0.717, 1.165) is 42.9 Å². The third-order valence-corrected chi connectivity index (χ3v) is 9.10. The molecule has 1 N–H and O–H groups in total. The molecule has 7 atom stereocenters. The topological polar surface area (TPSA) is 20.2 Å². The van der Waals surface area contributed by atoms with Crippen molar-refractivity contribution in [3.8, 4) is 0 Å². The minimum absolute atomic E-state index is 0.153. The molecule has 3 fully saturated rings. The monoisotopic (exact) mass is 398 g/mol. The van der Waals surface area contributed by atoms with E-state index in [4.69, 9.17) is 0 Å². The Hall–Kier alpha value is -0.820. The zero-order valence-electron chi connectivity index (χ0n) is 19.8. The van der Waals surface area contributed by atoms with Crippen molar-refractivity contribution < 1.29 is 5.11 Å². The second-order valence-corrected chi connectivity index (χ2v) is 11.3. The number of hydrogen-bond donors (Lipinski definition) is 1. The van der Waals surface area contributed by atoms with Gasteiger partial charge in [0.15, 0.2) is 0 Å². The van der Waals surface area contributed by atoms with Gasteiger partial charge in [-0.1, -0.05) is 71.4 Å². The van der Waals surface area contributed by atoms with Gasteiger partial charge in [0, 0.05) is 0 Å². The summed E-state index contributed by atoms with van der Waals surface area (Å²) >= 11 is 0. The van der Waals surface area contributed by atoms with Crippen LogP contribution in [-0.4, -0.2) is 11.2 Å². The van der Waals surface area contributed by atoms with Crippen LogP contribution in [0.3, 0.4) is 0 Å². The fourth-order valence-electron chi connectivity index (χ4n) is 6.76. The average molecular weight is 399 g/mol. The van der Waals surface area contributed by atoms with E-state index in [2.05, 4.69) is 59.4 Å². The third kappa shape index (κ3) is 5.09. The van der Waals surface area contributed by atoms with Crippen LogP contribution in [0.4, 0.5) is 0 Å². The number of rotatable bonds is 6. The Morgan fingerprint density at radius 2 is 1.86 bits per heavy atom. The number of fused-ring (bicyclic) bond motifs is 1. The SMILES string of the molecule is C=C1CCC(O)C/C1=C/CC1CCCC2(C)C1CC[C@H]2[C@H](C)/C=C/[C@H](C)C(C)C. The van der Waals surface area contributed by atoms with Crippen molar-refractivity contribution in [3.63, 3.8) is 0 Å². The number of aliphatic hydroxyl groups excluding tert-OH is 1. The highest BCUT2D eigenvalue weighted by atomic mass is 16.3. The minimum Gasteiger partial charge on any atom is -0.393 e. The van der Waals surface area contributed by atoms with Crippen LogP contribution in [0.25, 0.3) is 0 Å². The van der Waals surface area contributed by atoms with Gasteiger partial charge in [-0.2, -0.15) is 0 Å². The highest BCUT2D eigenvalue weighted by Gasteiger charge is 2.51. The van der Waals surface area contributed by atoms with Crippen LogP contribution in [0.5, 0.6) is 0 Å². The molecule has 0 aromatic heterocycles. The van der Waals surface area contributed by atoms with Gasteiger partial charge in [0.05, 0.1) is 6.10 Å². The average Bonchev–Trinajstić information content (AvgIpc) is 3.04. The molecule has 0 saturated heterocycles. The summed E-state index contributed by atoms with van der Waals surface area (Å²) < 4.78 is 0. The standard InChI is InChI=1S/C28H46O/c1-19(2)20(3)9-10-22(5)26-15-16-27-23(8-7-17-28(26,27)6)12-13-24-18-25(29)14-11-21(24)4/h9-10,13,19-20,22-23,25-27,29H,4,7-8,11-12,14-18H2,1-3,5-6H3/b10-9+,24-13-/t20-,22+,23?,25?,26-,27?,28?/m0/s1. The fraction of sp³-hybridized carbons (Fsp3) is 0.786. The van der Waals surface area contributed by atoms with Gasteiger partial charge in [-0.25, -0.2) is 0 Å². The molecule has 164 valence electrons. The van der Waals surface area contributed by atoms with E-state index >= 15 is 0 Å². The second kappa shape index (κ2) is 9.54. The Morgan fingerprint density at radius 3 is 2.59 bits per heavy atom. The molecule has 1 nitrogen and oxygen atoms in total. The Bertz CT molecular complexity index is 626.